The molecule has 0 unspecified atom stereocenters. The largest absolute Gasteiger partial charge is 0.496 e. The summed E-state index contributed by atoms with van der Waals surface area (Å²) in [6, 6.07) is 7.72. The first-order chi connectivity index (χ1) is 7.83. The van der Waals surface area contributed by atoms with E-state index in [4.69, 9.17) is 15.0 Å². The van der Waals surface area contributed by atoms with E-state index in [0.717, 1.165) is 11.3 Å². The number of benzene rings is 1. The van der Waals surface area contributed by atoms with Crippen LogP contribution in [-0.2, 0) is 13.0 Å². The molecule has 2 N–H and O–H groups in total. The van der Waals surface area contributed by atoms with Gasteiger partial charge in [0.05, 0.1) is 20.1 Å². The number of hydrogen-bond acceptors (Lipinski definition) is 5. The Labute approximate surface area is 93.2 Å². The van der Waals surface area contributed by atoms with Gasteiger partial charge in [0.2, 0.25) is 5.89 Å². The van der Waals surface area contributed by atoms with Crippen LogP contribution in [0.5, 0.6) is 5.75 Å². The van der Waals surface area contributed by atoms with Crippen LogP contribution in [0.15, 0.2) is 28.8 Å². The van der Waals surface area contributed by atoms with E-state index < -0.39 is 0 Å². The maximum absolute atomic E-state index is 5.40. The second-order valence-electron chi connectivity index (χ2n) is 3.30. The van der Waals surface area contributed by atoms with Gasteiger partial charge < -0.3 is 15.0 Å². The lowest BCUT2D eigenvalue weighted by atomic mass is 10.1. The number of rotatable bonds is 4. The van der Waals surface area contributed by atoms with Gasteiger partial charge >= 0.3 is 0 Å². The van der Waals surface area contributed by atoms with E-state index in [1.165, 1.54) is 0 Å². The van der Waals surface area contributed by atoms with Gasteiger partial charge in [-0.15, -0.1) is 0 Å². The number of ether oxygens (including phenoxy) is 1. The maximum atomic E-state index is 5.40. The fourth-order valence-electron chi connectivity index (χ4n) is 1.46. The van der Waals surface area contributed by atoms with Crippen LogP contribution in [0.4, 0.5) is 0 Å². The monoisotopic (exact) mass is 219 g/mol. The molecule has 1 aromatic heterocycles. The highest BCUT2D eigenvalue weighted by Crippen LogP contribution is 2.20. The van der Waals surface area contributed by atoms with Gasteiger partial charge in [0.1, 0.15) is 5.75 Å². The second kappa shape index (κ2) is 4.76. The minimum absolute atomic E-state index is 0.287. The van der Waals surface area contributed by atoms with Crippen molar-refractivity contribution < 1.29 is 9.26 Å². The Hall–Kier alpha value is -1.88. The summed E-state index contributed by atoms with van der Waals surface area (Å²) in [7, 11) is 1.64. The first-order valence-electron chi connectivity index (χ1n) is 4.97. The van der Waals surface area contributed by atoms with Crippen LogP contribution < -0.4 is 10.5 Å². The van der Waals surface area contributed by atoms with Gasteiger partial charge in [-0.1, -0.05) is 23.4 Å². The van der Waals surface area contributed by atoms with Gasteiger partial charge in [0, 0.05) is 5.56 Å². The molecule has 0 saturated carbocycles. The Morgan fingerprint density at radius 2 is 2.19 bits per heavy atom. The zero-order chi connectivity index (χ0) is 11.4. The molecule has 2 aromatic rings. The fraction of sp³-hybridized carbons (Fsp3) is 0.273. The number of hydrogen-bond donors (Lipinski definition) is 1. The van der Waals surface area contributed by atoms with E-state index in [1.54, 1.807) is 7.11 Å². The van der Waals surface area contributed by atoms with Gasteiger partial charge in [-0.05, 0) is 6.07 Å². The highest BCUT2D eigenvalue weighted by Gasteiger charge is 2.09. The first-order valence-corrected chi connectivity index (χ1v) is 4.97. The summed E-state index contributed by atoms with van der Waals surface area (Å²) in [5, 5.41) is 3.73. The molecule has 1 aromatic carbocycles. The molecule has 5 heteroatoms. The van der Waals surface area contributed by atoms with Crippen LogP contribution in [-0.4, -0.2) is 17.3 Å². The van der Waals surface area contributed by atoms with Crippen LogP contribution in [0.25, 0.3) is 0 Å². The molecule has 0 spiro atoms. The molecule has 0 saturated heterocycles. The number of aromatic nitrogens is 2. The van der Waals surface area contributed by atoms with E-state index in [9.17, 15) is 0 Å². The third kappa shape index (κ3) is 2.20. The summed E-state index contributed by atoms with van der Waals surface area (Å²) in [4.78, 5) is 4.14. The zero-order valence-corrected chi connectivity index (χ0v) is 9.01. The molecule has 0 fully saturated rings. The number of para-hydroxylation sites is 1. The van der Waals surface area contributed by atoms with Gasteiger partial charge in [-0.3, -0.25) is 0 Å². The Bertz CT molecular complexity index is 468. The molecule has 1 heterocycles. The van der Waals surface area contributed by atoms with Gasteiger partial charge in [-0.25, -0.2) is 0 Å². The summed E-state index contributed by atoms with van der Waals surface area (Å²) in [6.07, 6.45) is 0.553. The number of nitrogens with two attached hydrogens (primary N) is 1. The second-order valence-corrected chi connectivity index (χ2v) is 3.30. The molecule has 0 amide bonds. The highest BCUT2D eigenvalue weighted by molar-refractivity contribution is 5.34. The van der Waals surface area contributed by atoms with Crippen LogP contribution in [0.3, 0.4) is 0 Å². The lowest BCUT2D eigenvalue weighted by Gasteiger charge is -2.04. The van der Waals surface area contributed by atoms with Crippen molar-refractivity contribution in [1.82, 2.24) is 10.1 Å². The molecule has 0 atom stereocenters. The molecule has 2 rings (SSSR count). The highest BCUT2D eigenvalue weighted by atomic mass is 16.5. The SMILES string of the molecule is COc1ccccc1Cc1nc(CN)no1. The average Bonchev–Trinajstić information content (AvgIpc) is 2.77. The topological polar surface area (TPSA) is 74.2 Å². The van der Waals surface area contributed by atoms with Crippen molar-refractivity contribution in [3.05, 3.63) is 41.5 Å². The molecular formula is C11H13N3O2. The molecule has 5 nitrogen and oxygen atoms in total. The molecule has 0 radical (unpaired) electrons. The first kappa shape index (κ1) is 10.6. The van der Waals surface area contributed by atoms with E-state index in [0.29, 0.717) is 18.1 Å². The Morgan fingerprint density at radius 3 is 2.88 bits per heavy atom. The maximum Gasteiger partial charge on any atom is 0.231 e. The number of methoxy groups -OCH3 is 1. The predicted molar refractivity (Wildman–Crippen MR) is 58.0 cm³/mol. The smallest absolute Gasteiger partial charge is 0.231 e. The zero-order valence-electron chi connectivity index (χ0n) is 9.01. The van der Waals surface area contributed by atoms with Gasteiger partial charge in [0.15, 0.2) is 5.82 Å². The van der Waals surface area contributed by atoms with E-state index >= 15 is 0 Å². The van der Waals surface area contributed by atoms with E-state index in [-0.39, 0.29) is 6.54 Å². The lowest BCUT2D eigenvalue weighted by molar-refractivity contribution is 0.374. The van der Waals surface area contributed by atoms with Gasteiger partial charge in [-0.2, -0.15) is 4.98 Å². The van der Waals surface area contributed by atoms with Crippen molar-refractivity contribution in [2.75, 3.05) is 7.11 Å². The van der Waals surface area contributed by atoms with Crippen molar-refractivity contribution >= 4 is 0 Å². The van der Waals surface area contributed by atoms with Crippen LogP contribution in [0, 0.1) is 0 Å². The van der Waals surface area contributed by atoms with Crippen LogP contribution >= 0.6 is 0 Å². The van der Waals surface area contributed by atoms with Crippen LogP contribution in [0.2, 0.25) is 0 Å². The summed E-state index contributed by atoms with van der Waals surface area (Å²) in [5.41, 5.74) is 6.41. The van der Waals surface area contributed by atoms with Gasteiger partial charge in [0.25, 0.3) is 0 Å². The fourth-order valence-corrected chi connectivity index (χ4v) is 1.46. The molecule has 0 aliphatic heterocycles. The lowest BCUT2D eigenvalue weighted by Crippen LogP contribution is -1.99. The molecule has 16 heavy (non-hydrogen) atoms. The van der Waals surface area contributed by atoms with Crippen molar-refractivity contribution in [3.63, 3.8) is 0 Å². The Kier molecular flexibility index (Phi) is 3.16. The van der Waals surface area contributed by atoms with Crippen molar-refractivity contribution in [1.29, 1.82) is 0 Å². The summed E-state index contributed by atoms with van der Waals surface area (Å²) < 4.78 is 10.3. The molecule has 0 bridgehead atoms. The van der Waals surface area contributed by atoms with Crippen LogP contribution in [0.1, 0.15) is 17.3 Å². The summed E-state index contributed by atoms with van der Waals surface area (Å²) >= 11 is 0. The van der Waals surface area contributed by atoms with E-state index in [1.807, 2.05) is 24.3 Å². The molecular weight excluding hydrogens is 206 g/mol. The quantitative estimate of drug-likeness (QED) is 0.834. The standard InChI is InChI=1S/C11H13N3O2/c1-15-9-5-3-2-4-8(9)6-11-13-10(7-12)14-16-11/h2-5H,6-7,12H2,1H3. The molecule has 0 aliphatic rings. The molecule has 84 valence electrons. The third-order valence-electron chi connectivity index (χ3n) is 2.23. The third-order valence-corrected chi connectivity index (χ3v) is 2.23. The van der Waals surface area contributed by atoms with E-state index in [2.05, 4.69) is 10.1 Å². The Morgan fingerprint density at radius 1 is 1.38 bits per heavy atom. The average molecular weight is 219 g/mol. The van der Waals surface area contributed by atoms with Crippen molar-refractivity contribution in [3.8, 4) is 5.75 Å². The van der Waals surface area contributed by atoms with Crippen molar-refractivity contribution in [2.45, 2.75) is 13.0 Å². The predicted octanol–water partition coefficient (Wildman–Crippen LogP) is 1.13. The number of nitrogens with zero attached hydrogens (tertiary/aromatic N) is 2. The Balaban J connectivity index is 2.19. The van der Waals surface area contributed by atoms with Crippen molar-refractivity contribution in [2.24, 2.45) is 5.73 Å². The summed E-state index contributed by atoms with van der Waals surface area (Å²) in [5.74, 6) is 1.88. The normalized spacial score (nSPS) is 10.4. The molecule has 0 aliphatic carbocycles. The minimum Gasteiger partial charge on any atom is -0.496 e. The minimum atomic E-state index is 0.287. The summed E-state index contributed by atoms with van der Waals surface area (Å²) in [6.45, 7) is 0.287.